The molecule has 0 saturated heterocycles. The lowest BCUT2D eigenvalue weighted by Gasteiger charge is -2.06. The monoisotopic (exact) mass is 265 g/mol. The Labute approximate surface area is 115 Å². The minimum Gasteiger partial charge on any atom is -0.289 e. The van der Waals surface area contributed by atoms with Crippen LogP contribution in [0.4, 0.5) is 0 Å². The summed E-state index contributed by atoms with van der Waals surface area (Å²) in [7, 11) is 0. The molecule has 0 atom stereocenters. The van der Waals surface area contributed by atoms with Crippen molar-refractivity contribution in [1.82, 2.24) is 4.98 Å². The average Bonchev–Trinajstić information content (AvgIpc) is 3.01. The molecule has 0 aliphatic heterocycles. The maximum Gasteiger partial charge on any atom is 0.193 e. The number of hydrogen-bond donors (Lipinski definition) is 0. The van der Waals surface area contributed by atoms with Crippen LogP contribution in [0.15, 0.2) is 66.2 Å². The van der Waals surface area contributed by atoms with Crippen LogP contribution in [-0.2, 0) is 0 Å². The molecule has 3 heteroatoms. The largest absolute Gasteiger partial charge is 0.289 e. The summed E-state index contributed by atoms with van der Waals surface area (Å²) in [6, 6.07) is 16.9. The number of benzene rings is 2. The molecule has 0 N–H and O–H groups in total. The Morgan fingerprint density at radius 1 is 0.947 bits per heavy atom. The highest BCUT2D eigenvalue weighted by atomic mass is 32.1. The number of hydrogen-bond acceptors (Lipinski definition) is 3. The maximum absolute atomic E-state index is 12.5. The van der Waals surface area contributed by atoms with Crippen LogP contribution in [0.2, 0.25) is 0 Å². The van der Waals surface area contributed by atoms with Gasteiger partial charge in [-0.25, -0.2) is 4.98 Å². The minimum absolute atomic E-state index is 0.0337. The fourth-order valence-corrected chi connectivity index (χ4v) is 2.65. The Morgan fingerprint density at radius 2 is 1.68 bits per heavy atom. The number of ketones is 1. The van der Waals surface area contributed by atoms with E-state index in [0.29, 0.717) is 11.1 Å². The first-order valence-corrected chi connectivity index (χ1v) is 6.83. The van der Waals surface area contributed by atoms with Gasteiger partial charge in [-0.3, -0.25) is 4.79 Å². The third-order valence-electron chi connectivity index (χ3n) is 2.87. The van der Waals surface area contributed by atoms with Gasteiger partial charge in [0, 0.05) is 28.3 Å². The fourth-order valence-electron chi connectivity index (χ4n) is 1.97. The van der Waals surface area contributed by atoms with Crippen LogP contribution in [0, 0.1) is 0 Å². The van der Waals surface area contributed by atoms with E-state index in [1.807, 2.05) is 60.0 Å². The van der Waals surface area contributed by atoms with E-state index in [1.54, 1.807) is 6.20 Å². The van der Waals surface area contributed by atoms with E-state index in [2.05, 4.69) is 4.98 Å². The van der Waals surface area contributed by atoms with Crippen molar-refractivity contribution < 1.29 is 4.79 Å². The van der Waals surface area contributed by atoms with Crippen LogP contribution in [0.3, 0.4) is 0 Å². The molecule has 0 bridgehead atoms. The Balaban J connectivity index is 2.09. The topological polar surface area (TPSA) is 30.0 Å². The molecule has 0 aliphatic carbocycles. The van der Waals surface area contributed by atoms with Gasteiger partial charge in [0.1, 0.15) is 5.01 Å². The normalized spacial score (nSPS) is 10.3. The molecule has 0 unspecified atom stereocenters. The van der Waals surface area contributed by atoms with Crippen LogP contribution in [0.5, 0.6) is 0 Å². The Hall–Kier alpha value is -2.26. The summed E-state index contributed by atoms with van der Waals surface area (Å²) in [5.41, 5.74) is 2.29. The highest BCUT2D eigenvalue weighted by Gasteiger charge is 2.15. The Morgan fingerprint density at radius 3 is 2.42 bits per heavy atom. The van der Waals surface area contributed by atoms with Crippen LogP contribution in [-0.4, -0.2) is 10.8 Å². The van der Waals surface area contributed by atoms with E-state index in [1.165, 1.54) is 11.3 Å². The summed E-state index contributed by atoms with van der Waals surface area (Å²) >= 11 is 1.54. The van der Waals surface area contributed by atoms with Gasteiger partial charge in [-0.1, -0.05) is 54.6 Å². The van der Waals surface area contributed by atoms with Crippen molar-refractivity contribution in [1.29, 1.82) is 0 Å². The molecular formula is C16H11NOS. The first kappa shape index (κ1) is 11.8. The number of aromatic nitrogens is 1. The molecule has 3 rings (SSSR count). The average molecular weight is 265 g/mol. The summed E-state index contributed by atoms with van der Waals surface area (Å²) < 4.78 is 0. The maximum atomic E-state index is 12.5. The third-order valence-corrected chi connectivity index (χ3v) is 3.68. The molecule has 2 nitrogen and oxygen atoms in total. The van der Waals surface area contributed by atoms with Crippen molar-refractivity contribution in [2.24, 2.45) is 0 Å². The summed E-state index contributed by atoms with van der Waals surface area (Å²) in [5.74, 6) is 0.0337. The van der Waals surface area contributed by atoms with Gasteiger partial charge in [0.05, 0.1) is 0 Å². The second-order valence-corrected chi connectivity index (χ2v) is 4.97. The molecular weight excluding hydrogens is 254 g/mol. The molecule has 0 spiro atoms. The van der Waals surface area contributed by atoms with E-state index in [9.17, 15) is 4.79 Å². The molecule has 1 aromatic heterocycles. The van der Waals surface area contributed by atoms with Gasteiger partial charge in [0.15, 0.2) is 5.78 Å². The van der Waals surface area contributed by atoms with Crippen molar-refractivity contribution in [2.45, 2.75) is 0 Å². The molecule has 19 heavy (non-hydrogen) atoms. The zero-order chi connectivity index (χ0) is 13.1. The highest BCUT2D eigenvalue weighted by molar-refractivity contribution is 7.13. The molecule has 0 fully saturated rings. The van der Waals surface area contributed by atoms with Crippen molar-refractivity contribution in [3.63, 3.8) is 0 Å². The molecule has 0 amide bonds. The van der Waals surface area contributed by atoms with E-state index in [-0.39, 0.29) is 5.78 Å². The summed E-state index contributed by atoms with van der Waals surface area (Å²) in [4.78, 5) is 16.8. The number of carbonyl (C=O) groups excluding carboxylic acids is 1. The molecule has 3 aromatic rings. The quantitative estimate of drug-likeness (QED) is 0.669. The predicted octanol–water partition coefficient (Wildman–Crippen LogP) is 4.04. The zero-order valence-electron chi connectivity index (χ0n) is 10.1. The molecule has 0 radical (unpaired) electrons. The zero-order valence-corrected chi connectivity index (χ0v) is 10.9. The van der Waals surface area contributed by atoms with Crippen molar-refractivity contribution >= 4 is 17.1 Å². The molecule has 0 aliphatic rings. The van der Waals surface area contributed by atoms with Crippen molar-refractivity contribution in [3.8, 4) is 10.6 Å². The number of carbonyl (C=O) groups is 1. The van der Waals surface area contributed by atoms with Crippen molar-refractivity contribution in [3.05, 3.63) is 77.3 Å². The van der Waals surface area contributed by atoms with E-state index >= 15 is 0 Å². The second kappa shape index (κ2) is 5.16. The van der Waals surface area contributed by atoms with Gasteiger partial charge < -0.3 is 0 Å². The number of thiazole rings is 1. The standard InChI is InChI=1S/C16H11NOS/c18-15(12-6-2-1-3-7-12)13-8-4-5-9-14(13)16-17-10-11-19-16/h1-11H. The summed E-state index contributed by atoms with van der Waals surface area (Å²) in [5, 5.41) is 2.79. The van der Waals surface area contributed by atoms with E-state index in [0.717, 1.165) is 10.6 Å². The van der Waals surface area contributed by atoms with Crippen LogP contribution >= 0.6 is 11.3 Å². The van der Waals surface area contributed by atoms with Gasteiger partial charge in [-0.15, -0.1) is 11.3 Å². The molecule has 1 heterocycles. The lowest BCUT2D eigenvalue weighted by molar-refractivity contribution is 0.103. The predicted molar refractivity (Wildman–Crippen MR) is 77.4 cm³/mol. The van der Waals surface area contributed by atoms with Crippen LogP contribution in [0.1, 0.15) is 15.9 Å². The number of rotatable bonds is 3. The summed E-state index contributed by atoms with van der Waals surface area (Å²) in [6.07, 6.45) is 1.75. The van der Waals surface area contributed by atoms with Gasteiger partial charge in [-0.05, 0) is 0 Å². The van der Waals surface area contributed by atoms with Gasteiger partial charge in [0.2, 0.25) is 0 Å². The van der Waals surface area contributed by atoms with Gasteiger partial charge >= 0.3 is 0 Å². The SMILES string of the molecule is O=C(c1ccccc1)c1ccccc1-c1nccs1. The van der Waals surface area contributed by atoms with Crippen LogP contribution < -0.4 is 0 Å². The highest BCUT2D eigenvalue weighted by Crippen LogP contribution is 2.27. The lowest BCUT2D eigenvalue weighted by Crippen LogP contribution is -2.02. The fraction of sp³-hybridized carbons (Fsp3) is 0. The van der Waals surface area contributed by atoms with Gasteiger partial charge in [-0.2, -0.15) is 0 Å². The van der Waals surface area contributed by atoms with Crippen LogP contribution in [0.25, 0.3) is 10.6 Å². The lowest BCUT2D eigenvalue weighted by atomic mass is 9.99. The first-order chi connectivity index (χ1) is 9.36. The summed E-state index contributed by atoms with van der Waals surface area (Å²) in [6.45, 7) is 0. The second-order valence-electron chi connectivity index (χ2n) is 4.08. The third kappa shape index (κ3) is 2.33. The first-order valence-electron chi connectivity index (χ1n) is 5.95. The van der Waals surface area contributed by atoms with E-state index < -0.39 is 0 Å². The minimum atomic E-state index is 0.0337. The van der Waals surface area contributed by atoms with Gasteiger partial charge in [0.25, 0.3) is 0 Å². The molecule has 0 saturated carbocycles. The Bertz CT molecular complexity index is 690. The number of nitrogens with zero attached hydrogens (tertiary/aromatic N) is 1. The van der Waals surface area contributed by atoms with E-state index in [4.69, 9.17) is 0 Å². The van der Waals surface area contributed by atoms with Crippen molar-refractivity contribution in [2.75, 3.05) is 0 Å². The molecule has 92 valence electrons. The smallest absolute Gasteiger partial charge is 0.193 e. The molecule has 2 aromatic carbocycles. The Kier molecular flexibility index (Phi) is 3.21.